The van der Waals surface area contributed by atoms with Gasteiger partial charge in [0.05, 0.1) is 46.5 Å². The van der Waals surface area contributed by atoms with Crippen LogP contribution in [0.25, 0.3) is 6.08 Å². The smallest absolute Gasteiger partial charge is 0.309 e. The number of cyclic esters (lactones) is 1. The highest BCUT2D eigenvalue weighted by atomic mass is 32.1. The zero-order chi connectivity index (χ0) is 26.8. The molecule has 2 unspecified atom stereocenters. The third-order valence-corrected chi connectivity index (χ3v) is 9.49. The molecule has 7 atom stereocenters. The molecule has 0 aromatic carbocycles. The second-order valence-corrected chi connectivity index (χ2v) is 12.5. The van der Waals surface area contributed by atoms with Gasteiger partial charge in [-0.3, -0.25) is 9.59 Å². The van der Waals surface area contributed by atoms with Crippen molar-refractivity contribution in [3.8, 4) is 0 Å². The third-order valence-electron chi connectivity index (χ3n) is 8.70. The molecule has 0 bridgehead atoms. The number of allylic oxidation sites excluding steroid dienone is 1. The van der Waals surface area contributed by atoms with Gasteiger partial charge in [-0.1, -0.05) is 25.8 Å². The summed E-state index contributed by atoms with van der Waals surface area (Å²) >= 11 is 1.56. The number of Topliss-reactive ketones (excluding diaryl/α,β-unsaturated/α-hetero) is 1. The number of rotatable bonds is 4. The zero-order valence-electron chi connectivity index (χ0n) is 22.2. The average molecular weight is 532 g/mol. The molecule has 4 rings (SSSR count). The van der Waals surface area contributed by atoms with Crippen molar-refractivity contribution in [2.24, 2.45) is 17.3 Å². The molecule has 2 aliphatic heterocycles. The standard InChI is InChI=1S/C29H41NO6S/c1-5-8-22-26(33)18(2)9-6-12-28(4)24(36-28)15-21(11-10-20-17-37-19(3)30-20)35-25(32)16-23(31)29(27(22)34)13-7-14-29/h5,10-11,17-18,21-24,26,31,33H,1,6-9,12-16H2,2-4H3/t18-,21+,22+,23-,24?,26+,28?/m0/s1. The highest BCUT2D eigenvalue weighted by Crippen LogP contribution is 2.49. The molecule has 37 heavy (non-hydrogen) atoms. The largest absolute Gasteiger partial charge is 0.458 e. The number of ether oxygens (including phenoxy) is 2. The van der Waals surface area contributed by atoms with E-state index in [1.807, 2.05) is 31.4 Å². The monoisotopic (exact) mass is 531 g/mol. The Morgan fingerprint density at radius 1 is 1.24 bits per heavy atom. The lowest BCUT2D eigenvalue weighted by Crippen LogP contribution is -2.53. The Morgan fingerprint density at radius 2 is 2.00 bits per heavy atom. The number of carbonyl (C=O) groups is 2. The van der Waals surface area contributed by atoms with Crippen LogP contribution in [0.15, 0.2) is 24.1 Å². The van der Waals surface area contributed by atoms with Gasteiger partial charge in [-0.15, -0.1) is 17.9 Å². The van der Waals surface area contributed by atoms with Crippen molar-refractivity contribution in [1.82, 2.24) is 4.98 Å². The Hall–Kier alpha value is -1.87. The fraction of sp³-hybridized carbons (Fsp3) is 0.690. The summed E-state index contributed by atoms with van der Waals surface area (Å²) in [4.78, 5) is 31.3. The number of aliphatic hydroxyl groups excluding tert-OH is 2. The first-order chi connectivity index (χ1) is 17.6. The zero-order valence-corrected chi connectivity index (χ0v) is 23.0. The molecule has 2 N–H and O–H groups in total. The van der Waals surface area contributed by atoms with Gasteiger partial charge in [0, 0.05) is 17.7 Å². The minimum Gasteiger partial charge on any atom is -0.458 e. The van der Waals surface area contributed by atoms with E-state index in [1.54, 1.807) is 17.4 Å². The van der Waals surface area contributed by atoms with E-state index in [2.05, 4.69) is 18.5 Å². The maximum atomic E-state index is 13.8. The fourth-order valence-corrected chi connectivity index (χ4v) is 6.59. The van der Waals surface area contributed by atoms with Gasteiger partial charge in [0.15, 0.2) is 0 Å². The lowest BCUT2D eigenvalue weighted by Gasteiger charge is -2.46. The van der Waals surface area contributed by atoms with E-state index in [1.165, 1.54) is 0 Å². The van der Waals surface area contributed by atoms with E-state index in [4.69, 9.17) is 9.47 Å². The number of hydrogen-bond donors (Lipinski definition) is 2. The van der Waals surface area contributed by atoms with Crippen LogP contribution in [0.1, 0.15) is 82.3 Å². The molecule has 1 spiro atoms. The molecule has 1 aromatic heterocycles. The third kappa shape index (κ3) is 6.24. The quantitative estimate of drug-likeness (QED) is 0.327. The summed E-state index contributed by atoms with van der Waals surface area (Å²) in [6, 6.07) is 0. The van der Waals surface area contributed by atoms with Gasteiger partial charge in [-0.25, -0.2) is 4.98 Å². The SMILES string of the molecule is C=CC[C@H]1C(=O)C2(CCC2)[C@@H](O)CC(=O)O[C@H](C=Cc2csc(C)n2)CC2OC2(C)CCC[C@H](C)[C@H]1O. The first-order valence-electron chi connectivity index (χ1n) is 13.6. The van der Waals surface area contributed by atoms with Crippen LogP contribution in [0.3, 0.4) is 0 Å². The molecule has 204 valence electrons. The predicted molar refractivity (Wildman–Crippen MR) is 143 cm³/mol. The van der Waals surface area contributed by atoms with Crippen LogP contribution in [0.4, 0.5) is 0 Å². The van der Waals surface area contributed by atoms with E-state index in [0.717, 1.165) is 36.4 Å². The lowest BCUT2D eigenvalue weighted by molar-refractivity contribution is -0.161. The number of thiazole rings is 1. The predicted octanol–water partition coefficient (Wildman–Crippen LogP) is 4.79. The van der Waals surface area contributed by atoms with Gasteiger partial charge in [-0.2, -0.15) is 0 Å². The summed E-state index contributed by atoms with van der Waals surface area (Å²) in [5.74, 6) is -1.43. The van der Waals surface area contributed by atoms with Crippen LogP contribution in [-0.4, -0.2) is 57.0 Å². The number of fused-ring (bicyclic) bond motifs is 1. The number of aliphatic hydroxyl groups is 2. The van der Waals surface area contributed by atoms with Crippen molar-refractivity contribution >= 4 is 29.2 Å². The number of aryl methyl sites for hydroxylation is 1. The number of aromatic nitrogens is 1. The summed E-state index contributed by atoms with van der Waals surface area (Å²) < 4.78 is 11.9. The molecule has 1 aromatic rings. The van der Waals surface area contributed by atoms with Crippen LogP contribution in [0, 0.1) is 24.2 Å². The van der Waals surface area contributed by atoms with E-state index in [-0.39, 0.29) is 29.8 Å². The molecule has 0 amide bonds. The van der Waals surface area contributed by atoms with E-state index in [0.29, 0.717) is 25.7 Å². The highest BCUT2D eigenvalue weighted by Gasteiger charge is 2.55. The van der Waals surface area contributed by atoms with Gasteiger partial charge < -0.3 is 19.7 Å². The van der Waals surface area contributed by atoms with Crippen LogP contribution < -0.4 is 0 Å². The number of esters is 1. The van der Waals surface area contributed by atoms with Gasteiger partial charge in [0.2, 0.25) is 0 Å². The second-order valence-electron chi connectivity index (χ2n) is 11.4. The average Bonchev–Trinajstić information content (AvgIpc) is 3.23. The van der Waals surface area contributed by atoms with Crippen LogP contribution in [0.5, 0.6) is 0 Å². The minimum atomic E-state index is -1.16. The molecule has 1 aliphatic carbocycles. The number of ketones is 1. The van der Waals surface area contributed by atoms with Crippen molar-refractivity contribution in [2.75, 3.05) is 0 Å². The molecular formula is C29H41NO6S. The molecule has 1 saturated carbocycles. The Bertz CT molecular complexity index is 1020. The molecular weight excluding hydrogens is 490 g/mol. The summed E-state index contributed by atoms with van der Waals surface area (Å²) in [6.07, 6.45) is 7.67. The van der Waals surface area contributed by atoms with Crippen LogP contribution >= 0.6 is 11.3 Å². The summed E-state index contributed by atoms with van der Waals surface area (Å²) in [6.45, 7) is 9.79. The molecule has 0 radical (unpaired) electrons. The Labute approximate surface area is 224 Å². The molecule has 8 heteroatoms. The number of hydrogen-bond acceptors (Lipinski definition) is 8. The first-order valence-corrected chi connectivity index (χ1v) is 14.4. The summed E-state index contributed by atoms with van der Waals surface area (Å²) in [5, 5.41) is 25.3. The molecule has 3 aliphatic rings. The van der Waals surface area contributed by atoms with E-state index < -0.39 is 35.6 Å². The molecule has 2 saturated heterocycles. The van der Waals surface area contributed by atoms with Gasteiger partial charge >= 0.3 is 5.97 Å². The normalized spacial score (nSPS) is 37.1. The highest BCUT2D eigenvalue weighted by molar-refractivity contribution is 7.09. The first kappa shape index (κ1) is 28.1. The van der Waals surface area contributed by atoms with Crippen LogP contribution in [0.2, 0.25) is 0 Å². The Kier molecular flexibility index (Phi) is 8.73. The van der Waals surface area contributed by atoms with Gasteiger partial charge in [0.1, 0.15) is 11.9 Å². The van der Waals surface area contributed by atoms with E-state index in [9.17, 15) is 19.8 Å². The molecule has 7 nitrogen and oxygen atoms in total. The number of nitrogens with zero attached hydrogens (tertiary/aromatic N) is 1. The Balaban J connectivity index is 1.57. The molecule has 3 fully saturated rings. The summed E-state index contributed by atoms with van der Waals surface area (Å²) in [7, 11) is 0. The molecule has 3 heterocycles. The van der Waals surface area contributed by atoms with Crippen molar-refractivity contribution in [1.29, 1.82) is 0 Å². The van der Waals surface area contributed by atoms with Crippen molar-refractivity contribution in [3.05, 3.63) is 34.8 Å². The topological polar surface area (TPSA) is 109 Å². The maximum absolute atomic E-state index is 13.8. The Morgan fingerprint density at radius 3 is 2.62 bits per heavy atom. The second kappa shape index (κ2) is 11.5. The maximum Gasteiger partial charge on any atom is 0.309 e. The van der Waals surface area contributed by atoms with Crippen molar-refractivity contribution in [2.45, 2.75) is 109 Å². The van der Waals surface area contributed by atoms with Crippen LogP contribution in [-0.2, 0) is 19.1 Å². The van der Waals surface area contributed by atoms with Crippen molar-refractivity contribution in [3.63, 3.8) is 0 Å². The summed E-state index contributed by atoms with van der Waals surface area (Å²) in [5.41, 5.74) is -0.514. The fourth-order valence-electron chi connectivity index (χ4n) is 6.01. The van der Waals surface area contributed by atoms with Gasteiger partial charge in [0.25, 0.3) is 0 Å². The minimum absolute atomic E-state index is 0.0433. The number of carbonyl (C=O) groups excluding carboxylic acids is 2. The number of epoxide rings is 1. The van der Waals surface area contributed by atoms with Crippen molar-refractivity contribution < 1.29 is 29.3 Å². The lowest BCUT2D eigenvalue weighted by atomic mass is 9.58. The van der Waals surface area contributed by atoms with E-state index >= 15 is 0 Å². The van der Waals surface area contributed by atoms with Gasteiger partial charge in [-0.05, 0) is 64.0 Å².